The Kier molecular flexibility index (Phi) is 3.65. The minimum Gasteiger partial charge on any atom is -0.315 e. The van der Waals surface area contributed by atoms with E-state index in [4.69, 9.17) is 11.6 Å². The maximum absolute atomic E-state index is 12.3. The minimum absolute atomic E-state index is 0.156. The van der Waals surface area contributed by atoms with E-state index in [1.165, 1.54) is 0 Å². The Labute approximate surface area is 106 Å². The van der Waals surface area contributed by atoms with Gasteiger partial charge in [-0.25, -0.2) is 18.4 Å². The standard InChI is InChI=1S/C10H14ClN3O2S/c1-7-5-9(11)14-10(13-7)17(15,16)8-3-2-4-12-6-8/h5,8,12H,2-4,6H2,1H3/t8-/m0/s1. The van der Waals surface area contributed by atoms with Crippen LogP contribution in [0.1, 0.15) is 18.5 Å². The molecule has 1 aliphatic heterocycles. The van der Waals surface area contributed by atoms with Crippen molar-refractivity contribution in [3.8, 4) is 0 Å². The number of nitrogens with zero attached hydrogens (tertiary/aromatic N) is 2. The average molecular weight is 276 g/mol. The number of aryl methyl sites for hydroxylation is 1. The van der Waals surface area contributed by atoms with Crippen molar-refractivity contribution < 1.29 is 8.42 Å². The summed E-state index contributed by atoms with van der Waals surface area (Å²) in [5.74, 6) is 0. The highest BCUT2D eigenvalue weighted by Crippen LogP contribution is 2.19. The SMILES string of the molecule is Cc1cc(Cl)nc(S(=O)(=O)[C@H]2CCCNC2)n1. The van der Waals surface area contributed by atoms with Crippen molar-refractivity contribution in [3.63, 3.8) is 0 Å². The van der Waals surface area contributed by atoms with E-state index in [0.29, 0.717) is 18.7 Å². The first-order valence-electron chi connectivity index (χ1n) is 5.46. The van der Waals surface area contributed by atoms with E-state index < -0.39 is 15.1 Å². The maximum Gasteiger partial charge on any atom is 0.249 e. The number of sulfone groups is 1. The lowest BCUT2D eigenvalue weighted by molar-refractivity contribution is 0.493. The van der Waals surface area contributed by atoms with Crippen molar-refractivity contribution >= 4 is 21.4 Å². The van der Waals surface area contributed by atoms with Gasteiger partial charge in [-0.3, -0.25) is 0 Å². The first-order valence-corrected chi connectivity index (χ1v) is 7.38. The Morgan fingerprint density at radius 1 is 1.47 bits per heavy atom. The Balaban J connectivity index is 2.36. The van der Waals surface area contributed by atoms with Crippen LogP contribution in [0.3, 0.4) is 0 Å². The lowest BCUT2D eigenvalue weighted by Gasteiger charge is -2.21. The molecule has 1 N–H and O–H groups in total. The molecule has 1 aromatic heterocycles. The third-order valence-corrected chi connectivity index (χ3v) is 4.91. The van der Waals surface area contributed by atoms with E-state index in [-0.39, 0.29) is 10.3 Å². The normalized spacial score (nSPS) is 21.4. The number of halogens is 1. The average Bonchev–Trinajstić information content (AvgIpc) is 2.29. The fourth-order valence-corrected chi connectivity index (χ4v) is 3.76. The molecule has 0 bridgehead atoms. The molecule has 7 heteroatoms. The molecule has 17 heavy (non-hydrogen) atoms. The predicted octanol–water partition coefficient (Wildman–Crippen LogP) is 0.964. The summed E-state index contributed by atoms with van der Waals surface area (Å²) < 4.78 is 24.5. The smallest absolute Gasteiger partial charge is 0.249 e. The van der Waals surface area contributed by atoms with Gasteiger partial charge >= 0.3 is 0 Å². The fraction of sp³-hybridized carbons (Fsp3) is 0.600. The zero-order valence-electron chi connectivity index (χ0n) is 9.48. The van der Waals surface area contributed by atoms with Crippen LogP contribution in [0, 0.1) is 6.92 Å². The summed E-state index contributed by atoms with van der Waals surface area (Å²) in [4.78, 5) is 7.79. The molecule has 1 saturated heterocycles. The Morgan fingerprint density at radius 3 is 2.82 bits per heavy atom. The first-order chi connectivity index (χ1) is 8.00. The number of nitrogens with one attached hydrogen (secondary N) is 1. The quantitative estimate of drug-likeness (QED) is 0.643. The number of piperidine rings is 1. The third-order valence-electron chi connectivity index (χ3n) is 2.75. The molecule has 5 nitrogen and oxygen atoms in total. The molecule has 1 aliphatic rings. The Morgan fingerprint density at radius 2 is 2.24 bits per heavy atom. The fourth-order valence-electron chi connectivity index (χ4n) is 1.87. The summed E-state index contributed by atoms with van der Waals surface area (Å²) in [6, 6.07) is 1.54. The van der Waals surface area contributed by atoms with E-state index >= 15 is 0 Å². The van der Waals surface area contributed by atoms with Gasteiger partial charge < -0.3 is 5.32 Å². The van der Waals surface area contributed by atoms with Gasteiger partial charge in [-0.05, 0) is 32.4 Å². The number of hydrogen-bond donors (Lipinski definition) is 1. The Hall–Kier alpha value is -0.720. The zero-order valence-corrected chi connectivity index (χ0v) is 11.1. The highest BCUT2D eigenvalue weighted by atomic mass is 35.5. The number of aromatic nitrogens is 2. The highest BCUT2D eigenvalue weighted by molar-refractivity contribution is 7.91. The second-order valence-electron chi connectivity index (χ2n) is 4.13. The van der Waals surface area contributed by atoms with Gasteiger partial charge in [0.1, 0.15) is 5.15 Å². The van der Waals surface area contributed by atoms with Gasteiger partial charge in [0.2, 0.25) is 15.0 Å². The molecule has 94 valence electrons. The van der Waals surface area contributed by atoms with Gasteiger partial charge in [0.15, 0.2) is 0 Å². The summed E-state index contributed by atoms with van der Waals surface area (Å²) in [7, 11) is -3.48. The number of rotatable bonds is 2. The zero-order chi connectivity index (χ0) is 12.5. The molecule has 0 unspecified atom stereocenters. The summed E-state index contributed by atoms with van der Waals surface area (Å²) in [5, 5.41) is 2.63. The summed E-state index contributed by atoms with van der Waals surface area (Å²) >= 11 is 5.76. The first kappa shape index (κ1) is 12.7. The lowest BCUT2D eigenvalue weighted by Crippen LogP contribution is -2.39. The van der Waals surface area contributed by atoms with Crippen LogP contribution >= 0.6 is 11.6 Å². The molecule has 0 spiro atoms. The van der Waals surface area contributed by atoms with Crippen LogP contribution in [-0.2, 0) is 9.84 Å². The van der Waals surface area contributed by atoms with E-state index in [0.717, 1.165) is 13.0 Å². The van der Waals surface area contributed by atoms with E-state index in [1.54, 1.807) is 13.0 Å². The number of hydrogen-bond acceptors (Lipinski definition) is 5. The van der Waals surface area contributed by atoms with Gasteiger partial charge in [0.05, 0.1) is 5.25 Å². The van der Waals surface area contributed by atoms with Gasteiger partial charge in [-0.1, -0.05) is 11.6 Å². The van der Waals surface area contributed by atoms with Crippen molar-refractivity contribution in [1.29, 1.82) is 0 Å². The third kappa shape index (κ3) is 2.75. The molecule has 0 amide bonds. The van der Waals surface area contributed by atoms with Gasteiger partial charge in [-0.15, -0.1) is 0 Å². The predicted molar refractivity (Wildman–Crippen MR) is 64.9 cm³/mol. The van der Waals surface area contributed by atoms with Crippen LogP contribution in [0.5, 0.6) is 0 Å². The largest absolute Gasteiger partial charge is 0.315 e. The van der Waals surface area contributed by atoms with Crippen LogP contribution in [0.25, 0.3) is 0 Å². The second-order valence-corrected chi connectivity index (χ2v) is 6.64. The molecule has 1 aromatic rings. The molecule has 0 aromatic carbocycles. The van der Waals surface area contributed by atoms with Crippen molar-refractivity contribution in [3.05, 3.63) is 16.9 Å². The van der Waals surface area contributed by atoms with Gasteiger partial charge in [0, 0.05) is 12.2 Å². The van der Waals surface area contributed by atoms with Crippen molar-refractivity contribution in [2.45, 2.75) is 30.2 Å². The maximum atomic E-state index is 12.3. The topological polar surface area (TPSA) is 72.0 Å². The van der Waals surface area contributed by atoms with Crippen LogP contribution in [0.4, 0.5) is 0 Å². The molecule has 0 saturated carbocycles. The second kappa shape index (κ2) is 4.88. The Bertz CT molecular complexity index is 492. The van der Waals surface area contributed by atoms with Crippen molar-refractivity contribution in [2.24, 2.45) is 0 Å². The molecule has 1 atom stereocenters. The van der Waals surface area contributed by atoms with Crippen LogP contribution < -0.4 is 5.32 Å². The van der Waals surface area contributed by atoms with Gasteiger partial charge in [-0.2, -0.15) is 0 Å². The summed E-state index contributed by atoms with van der Waals surface area (Å²) in [5.41, 5.74) is 0.562. The van der Waals surface area contributed by atoms with Crippen LogP contribution in [0.15, 0.2) is 11.2 Å². The van der Waals surface area contributed by atoms with Crippen molar-refractivity contribution in [1.82, 2.24) is 15.3 Å². The van der Waals surface area contributed by atoms with Crippen molar-refractivity contribution in [2.75, 3.05) is 13.1 Å². The molecule has 1 fully saturated rings. The lowest BCUT2D eigenvalue weighted by atomic mass is 10.2. The van der Waals surface area contributed by atoms with E-state index in [1.807, 2.05) is 0 Å². The molecule has 0 radical (unpaired) electrons. The molecule has 2 rings (SSSR count). The van der Waals surface area contributed by atoms with E-state index in [9.17, 15) is 8.42 Å². The molecular formula is C10H14ClN3O2S. The summed E-state index contributed by atoms with van der Waals surface area (Å²) in [6.07, 6.45) is 1.49. The summed E-state index contributed by atoms with van der Waals surface area (Å²) in [6.45, 7) is 3.02. The monoisotopic (exact) mass is 275 g/mol. The van der Waals surface area contributed by atoms with Crippen LogP contribution in [0.2, 0.25) is 5.15 Å². The highest BCUT2D eigenvalue weighted by Gasteiger charge is 2.31. The molecular weight excluding hydrogens is 262 g/mol. The van der Waals surface area contributed by atoms with Crippen LogP contribution in [-0.4, -0.2) is 36.7 Å². The van der Waals surface area contributed by atoms with E-state index in [2.05, 4.69) is 15.3 Å². The van der Waals surface area contributed by atoms with Gasteiger partial charge in [0.25, 0.3) is 0 Å². The molecule has 2 heterocycles. The minimum atomic E-state index is -3.48. The molecule has 0 aliphatic carbocycles.